The van der Waals surface area contributed by atoms with Gasteiger partial charge < -0.3 is 19.7 Å². The molecule has 2 aromatic rings. The average molecular weight is 412 g/mol. The van der Waals surface area contributed by atoms with Crippen molar-refractivity contribution in [1.82, 2.24) is 10.2 Å². The standard InChI is InChI=1S/C24H33N3O3/c1-5-30-22-11-6-19(16-23(22)29-4)17-25-24(28)20-7-9-21(10-8-20)27-14-12-26(13-15-27)18(2)3/h6-11,16,18H,5,12-15,17H2,1-4H3,(H,25,28). The molecular weight excluding hydrogens is 378 g/mol. The lowest BCUT2D eigenvalue weighted by molar-refractivity contribution is 0.0951. The number of methoxy groups -OCH3 is 1. The highest BCUT2D eigenvalue weighted by molar-refractivity contribution is 5.94. The Kier molecular flexibility index (Phi) is 7.57. The fraction of sp³-hybridized carbons (Fsp3) is 0.458. The van der Waals surface area contributed by atoms with E-state index in [2.05, 4.69) is 29.0 Å². The van der Waals surface area contributed by atoms with Crippen LogP contribution in [0.5, 0.6) is 11.5 Å². The summed E-state index contributed by atoms with van der Waals surface area (Å²) < 4.78 is 10.9. The van der Waals surface area contributed by atoms with Crippen molar-refractivity contribution in [1.29, 1.82) is 0 Å². The highest BCUT2D eigenvalue weighted by Crippen LogP contribution is 2.28. The van der Waals surface area contributed by atoms with Crippen molar-refractivity contribution in [2.75, 3.05) is 44.8 Å². The first-order valence-corrected chi connectivity index (χ1v) is 10.7. The summed E-state index contributed by atoms with van der Waals surface area (Å²) in [6.45, 7) is 11.6. The van der Waals surface area contributed by atoms with Crippen LogP contribution in [0.25, 0.3) is 0 Å². The molecule has 162 valence electrons. The van der Waals surface area contributed by atoms with Crippen molar-refractivity contribution in [3.8, 4) is 11.5 Å². The molecule has 1 aliphatic rings. The lowest BCUT2D eigenvalue weighted by Gasteiger charge is -2.38. The first-order chi connectivity index (χ1) is 14.5. The van der Waals surface area contributed by atoms with Crippen LogP contribution in [0.2, 0.25) is 0 Å². The Morgan fingerprint density at radius 2 is 1.73 bits per heavy atom. The zero-order valence-corrected chi connectivity index (χ0v) is 18.5. The van der Waals surface area contributed by atoms with Gasteiger partial charge in [-0.3, -0.25) is 9.69 Å². The van der Waals surface area contributed by atoms with Crippen LogP contribution in [0.4, 0.5) is 5.69 Å². The van der Waals surface area contributed by atoms with E-state index >= 15 is 0 Å². The van der Waals surface area contributed by atoms with E-state index in [4.69, 9.17) is 9.47 Å². The fourth-order valence-electron chi connectivity index (χ4n) is 3.70. The maximum Gasteiger partial charge on any atom is 0.251 e. The van der Waals surface area contributed by atoms with Crippen LogP contribution in [0.1, 0.15) is 36.7 Å². The molecule has 1 N–H and O–H groups in total. The number of amides is 1. The second-order valence-corrected chi connectivity index (χ2v) is 7.76. The molecule has 1 aliphatic heterocycles. The van der Waals surface area contributed by atoms with E-state index in [0.717, 1.165) is 31.7 Å². The zero-order chi connectivity index (χ0) is 21.5. The van der Waals surface area contributed by atoms with E-state index in [0.29, 0.717) is 36.3 Å². The van der Waals surface area contributed by atoms with E-state index in [1.807, 2.05) is 49.4 Å². The van der Waals surface area contributed by atoms with E-state index < -0.39 is 0 Å². The van der Waals surface area contributed by atoms with Crippen molar-refractivity contribution in [2.24, 2.45) is 0 Å². The Morgan fingerprint density at radius 1 is 1.03 bits per heavy atom. The van der Waals surface area contributed by atoms with Crippen LogP contribution < -0.4 is 19.7 Å². The first kappa shape index (κ1) is 22.0. The molecule has 0 atom stereocenters. The van der Waals surface area contributed by atoms with Gasteiger partial charge in [0, 0.05) is 50.0 Å². The van der Waals surface area contributed by atoms with E-state index in [9.17, 15) is 4.79 Å². The Bertz CT molecular complexity index is 828. The summed E-state index contributed by atoms with van der Waals surface area (Å²) in [4.78, 5) is 17.4. The molecule has 6 heteroatoms. The molecule has 0 aromatic heterocycles. The molecule has 0 bridgehead atoms. The van der Waals surface area contributed by atoms with Crippen LogP contribution in [0, 0.1) is 0 Å². The minimum Gasteiger partial charge on any atom is -0.493 e. The first-order valence-electron chi connectivity index (χ1n) is 10.7. The molecule has 1 heterocycles. The molecule has 0 unspecified atom stereocenters. The third-order valence-corrected chi connectivity index (χ3v) is 5.52. The highest BCUT2D eigenvalue weighted by Gasteiger charge is 2.19. The van der Waals surface area contributed by atoms with Crippen molar-refractivity contribution in [3.05, 3.63) is 53.6 Å². The summed E-state index contributed by atoms with van der Waals surface area (Å²) in [7, 11) is 1.62. The van der Waals surface area contributed by atoms with Gasteiger partial charge in [0.1, 0.15) is 0 Å². The average Bonchev–Trinajstić information content (AvgIpc) is 2.78. The number of carbonyl (C=O) groups is 1. The summed E-state index contributed by atoms with van der Waals surface area (Å²) in [5.41, 5.74) is 2.80. The number of carbonyl (C=O) groups excluding carboxylic acids is 1. The van der Waals surface area contributed by atoms with E-state index in [1.165, 1.54) is 5.69 Å². The van der Waals surface area contributed by atoms with E-state index in [1.54, 1.807) is 7.11 Å². The SMILES string of the molecule is CCOc1ccc(CNC(=O)c2ccc(N3CCN(C(C)C)CC3)cc2)cc1OC. The number of nitrogens with zero attached hydrogens (tertiary/aromatic N) is 2. The largest absolute Gasteiger partial charge is 0.493 e. The van der Waals surface area contributed by atoms with Gasteiger partial charge in [-0.2, -0.15) is 0 Å². The second-order valence-electron chi connectivity index (χ2n) is 7.76. The third-order valence-electron chi connectivity index (χ3n) is 5.52. The van der Waals surface area contributed by atoms with Crippen LogP contribution in [-0.4, -0.2) is 56.7 Å². The number of rotatable bonds is 8. The molecule has 0 radical (unpaired) electrons. The Labute approximate surface area is 179 Å². The van der Waals surface area contributed by atoms with Gasteiger partial charge in [-0.05, 0) is 62.7 Å². The maximum absolute atomic E-state index is 12.6. The number of anilines is 1. The van der Waals surface area contributed by atoms with Crippen LogP contribution in [-0.2, 0) is 6.54 Å². The van der Waals surface area contributed by atoms with Gasteiger partial charge >= 0.3 is 0 Å². The van der Waals surface area contributed by atoms with Crippen LogP contribution in [0.3, 0.4) is 0 Å². The molecule has 30 heavy (non-hydrogen) atoms. The minimum absolute atomic E-state index is 0.0842. The van der Waals surface area contributed by atoms with Gasteiger partial charge in [-0.1, -0.05) is 6.07 Å². The topological polar surface area (TPSA) is 54.0 Å². The summed E-state index contributed by atoms with van der Waals surface area (Å²) in [5, 5.41) is 2.98. The maximum atomic E-state index is 12.6. The molecule has 1 fully saturated rings. The van der Waals surface area contributed by atoms with Gasteiger partial charge in [0.15, 0.2) is 11.5 Å². The molecule has 0 aliphatic carbocycles. The molecule has 6 nitrogen and oxygen atoms in total. The minimum atomic E-state index is -0.0842. The molecule has 1 saturated heterocycles. The monoisotopic (exact) mass is 411 g/mol. The highest BCUT2D eigenvalue weighted by atomic mass is 16.5. The summed E-state index contributed by atoms with van der Waals surface area (Å²) in [6, 6.07) is 14.2. The number of piperazine rings is 1. The molecule has 3 rings (SSSR count). The fourth-order valence-corrected chi connectivity index (χ4v) is 3.70. The Hall–Kier alpha value is -2.73. The van der Waals surface area contributed by atoms with Gasteiger partial charge in [-0.15, -0.1) is 0 Å². The second kappa shape index (κ2) is 10.3. The lowest BCUT2D eigenvalue weighted by atomic mass is 10.1. The number of nitrogens with one attached hydrogen (secondary N) is 1. The predicted molar refractivity (Wildman–Crippen MR) is 121 cm³/mol. The Morgan fingerprint density at radius 3 is 2.33 bits per heavy atom. The Balaban J connectivity index is 1.55. The van der Waals surface area contributed by atoms with Crippen molar-refractivity contribution < 1.29 is 14.3 Å². The lowest BCUT2D eigenvalue weighted by Crippen LogP contribution is -2.48. The predicted octanol–water partition coefficient (Wildman–Crippen LogP) is 3.55. The zero-order valence-electron chi connectivity index (χ0n) is 18.5. The van der Waals surface area contributed by atoms with Gasteiger partial charge in [0.2, 0.25) is 0 Å². The van der Waals surface area contributed by atoms with Crippen molar-refractivity contribution in [2.45, 2.75) is 33.4 Å². The molecule has 0 saturated carbocycles. The van der Waals surface area contributed by atoms with Crippen molar-refractivity contribution in [3.63, 3.8) is 0 Å². The number of ether oxygens (including phenoxy) is 2. The van der Waals surface area contributed by atoms with Gasteiger partial charge in [0.05, 0.1) is 13.7 Å². The number of hydrogen-bond acceptors (Lipinski definition) is 5. The summed E-state index contributed by atoms with van der Waals surface area (Å²) in [5.74, 6) is 1.30. The number of benzene rings is 2. The van der Waals surface area contributed by atoms with E-state index in [-0.39, 0.29) is 5.91 Å². The normalized spacial score (nSPS) is 14.6. The number of hydrogen-bond donors (Lipinski definition) is 1. The molecule has 1 amide bonds. The third kappa shape index (κ3) is 5.45. The summed E-state index contributed by atoms with van der Waals surface area (Å²) >= 11 is 0. The summed E-state index contributed by atoms with van der Waals surface area (Å²) in [6.07, 6.45) is 0. The molecule has 2 aromatic carbocycles. The molecular formula is C24H33N3O3. The van der Waals surface area contributed by atoms with Gasteiger partial charge in [0.25, 0.3) is 5.91 Å². The van der Waals surface area contributed by atoms with Crippen LogP contribution in [0.15, 0.2) is 42.5 Å². The molecule has 0 spiro atoms. The van der Waals surface area contributed by atoms with Crippen LogP contribution >= 0.6 is 0 Å². The smallest absolute Gasteiger partial charge is 0.251 e. The van der Waals surface area contributed by atoms with Crippen molar-refractivity contribution >= 4 is 11.6 Å². The quantitative estimate of drug-likeness (QED) is 0.720. The van der Waals surface area contributed by atoms with Gasteiger partial charge in [-0.25, -0.2) is 0 Å².